The Kier molecular flexibility index (Phi) is 4.01. The summed E-state index contributed by atoms with van der Waals surface area (Å²) >= 11 is 0. The molecular formula is C21H20FN5O2. The van der Waals surface area contributed by atoms with E-state index in [-0.39, 0.29) is 17.6 Å². The zero-order chi connectivity index (χ0) is 20.1. The van der Waals surface area contributed by atoms with Crippen LogP contribution in [0, 0.1) is 5.82 Å². The van der Waals surface area contributed by atoms with Gasteiger partial charge in [0.15, 0.2) is 5.82 Å². The smallest absolute Gasteiger partial charge is 0.259 e. The molecule has 1 fully saturated rings. The van der Waals surface area contributed by atoms with Gasteiger partial charge in [-0.1, -0.05) is 6.92 Å². The molecule has 148 valence electrons. The molecular weight excluding hydrogens is 373 g/mol. The number of nitrogens with zero attached hydrogens (tertiary/aromatic N) is 3. The highest BCUT2D eigenvalue weighted by Crippen LogP contribution is 2.32. The zero-order valence-electron chi connectivity index (χ0n) is 16.0. The molecule has 2 aliphatic rings. The molecule has 2 N–H and O–H groups in total. The number of fused-ring (bicyclic) bond motifs is 2. The lowest BCUT2D eigenvalue weighted by Gasteiger charge is -2.37. The van der Waals surface area contributed by atoms with Crippen LogP contribution in [-0.4, -0.2) is 48.2 Å². The summed E-state index contributed by atoms with van der Waals surface area (Å²) in [5.41, 5.74) is 3.58. The Morgan fingerprint density at radius 2 is 1.79 bits per heavy atom. The number of rotatable bonds is 3. The maximum Gasteiger partial charge on any atom is 0.259 e. The van der Waals surface area contributed by atoms with Gasteiger partial charge in [-0.2, -0.15) is 5.10 Å². The van der Waals surface area contributed by atoms with E-state index < -0.39 is 0 Å². The average molecular weight is 393 g/mol. The van der Waals surface area contributed by atoms with Crippen LogP contribution in [0.1, 0.15) is 33.2 Å². The van der Waals surface area contributed by atoms with Crippen molar-refractivity contribution in [1.82, 2.24) is 15.5 Å². The summed E-state index contributed by atoms with van der Waals surface area (Å²) in [4.78, 5) is 28.6. The molecule has 0 radical (unpaired) electrons. The number of anilines is 2. The van der Waals surface area contributed by atoms with Gasteiger partial charge in [0.25, 0.3) is 11.8 Å². The first-order chi connectivity index (χ1) is 14.1. The number of hydrogen-bond acceptors (Lipinski definition) is 5. The number of hydrogen-bond donors (Lipinski definition) is 2. The summed E-state index contributed by atoms with van der Waals surface area (Å²) in [6.07, 6.45) is 0.676. The number of nitrogens with one attached hydrogen (secondary N) is 2. The minimum absolute atomic E-state index is 0.288. The highest BCUT2D eigenvalue weighted by molar-refractivity contribution is 6.22. The molecule has 5 rings (SSSR count). The molecule has 0 bridgehead atoms. The van der Waals surface area contributed by atoms with Gasteiger partial charge in [0.05, 0.1) is 16.6 Å². The molecule has 0 unspecified atom stereocenters. The highest BCUT2D eigenvalue weighted by atomic mass is 19.1. The fraction of sp³-hybridized carbons (Fsp3) is 0.286. The van der Waals surface area contributed by atoms with E-state index in [1.165, 1.54) is 12.1 Å². The summed E-state index contributed by atoms with van der Waals surface area (Å²) in [6.45, 7) is 5.03. The van der Waals surface area contributed by atoms with Gasteiger partial charge in [-0.25, -0.2) is 4.39 Å². The number of benzene rings is 2. The Morgan fingerprint density at radius 3 is 2.55 bits per heavy atom. The van der Waals surface area contributed by atoms with E-state index in [1.54, 1.807) is 12.1 Å². The maximum atomic E-state index is 13.4. The van der Waals surface area contributed by atoms with Gasteiger partial charge < -0.3 is 9.80 Å². The quantitative estimate of drug-likeness (QED) is 0.668. The second kappa shape index (κ2) is 6.58. The fourth-order valence-electron chi connectivity index (χ4n) is 4.35. The third-order valence-electron chi connectivity index (χ3n) is 5.77. The van der Waals surface area contributed by atoms with Crippen LogP contribution in [-0.2, 0) is 6.42 Å². The largest absolute Gasteiger partial charge is 0.368 e. The standard InChI is InChI=1S/C21H20FN5O2/c1-2-13-17(6-5-15-18(13)21(29)23-20(15)28)26-7-9-27(10-8-26)19-14-4-3-12(22)11-16(14)24-25-19/h3-6,11H,2,7-10H2,1H3,(H,24,25)(H,23,28,29). The molecule has 1 aromatic heterocycles. The van der Waals surface area contributed by atoms with Gasteiger partial charge in [0, 0.05) is 37.3 Å². The van der Waals surface area contributed by atoms with Crippen LogP contribution >= 0.6 is 0 Å². The van der Waals surface area contributed by atoms with Crippen molar-refractivity contribution in [3.05, 3.63) is 52.8 Å². The van der Waals surface area contributed by atoms with Crippen LogP contribution in [0.15, 0.2) is 30.3 Å². The summed E-state index contributed by atoms with van der Waals surface area (Å²) in [6, 6.07) is 8.33. The van der Waals surface area contributed by atoms with Gasteiger partial charge >= 0.3 is 0 Å². The van der Waals surface area contributed by atoms with Crippen molar-refractivity contribution >= 4 is 34.2 Å². The second-order valence-electron chi connectivity index (χ2n) is 7.33. The van der Waals surface area contributed by atoms with Gasteiger partial charge in [-0.15, -0.1) is 0 Å². The van der Waals surface area contributed by atoms with Crippen LogP contribution in [0.2, 0.25) is 0 Å². The molecule has 2 amide bonds. The predicted molar refractivity (Wildman–Crippen MR) is 108 cm³/mol. The van der Waals surface area contributed by atoms with Gasteiger partial charge in [0.1, 0.15) is 5.82 Å². The molecule has 0 aliphatic carbocycles. The first-order valence-electron chi connectivity index (χ1n) is 9.72. The van der Waals surface area contributed by atoms with Crippen molar-refractivity contribution < 1.29 is 14.0 Å². The third-order valence-corrected chi connectivity index (χ3v) is 5.77. The normalized spacial score (nSPS) is 16.5. The molecule has 3 heterocycles. The lowest BCUT2D eigenvalue weighted by molar-refractivity contribution is 0.0879. The lowest BCUT2D eigenvalue weighted by Crippen LogP contribution is -2.47. The number of carbonyl (C=O) groups is 2. The number of H-pyrrole nitrogens is 1. The molecule has 2 aromatic carbocycles. The van der Waals surface area contributed by atoms with Crippen LogP contribution in [0.5, 0.6) is 0 Å². The monoisotopic (exact) mass is 393 g/mol. The Morgan fingerprint density at radius 1 is 1.03 bits per heavy atom. The first-order valence-corrected chi connectivity index (χ1v) is 9.72. The van der Waals surface area contributed by atoms with E-state index in [9.17, 15) is 14.0 Å². The van der Waals surface area contributed by atoms with E-state index in [0.717, 1.165) is 48.6 Å². The van der Waals surface area contributed by atoms with Gasteiger partial charge in [-0.3, -0.25) is 20.0 Å². The van der Waals surface area contributed by atoms with Crippen molar-refractivity contribution in [3.63, 3.8) is 0 Å². The third kappa shape index (κ3) is 2.74. The molecule has 29 heavy (non-hydrogen) atoms. The zero-order valence-corrected chi connectivity index (χ0v) is 16.0. The van der Waals surface area contributed by atoms with Crippen LogP contribution < -0.4 is 15.1 Å². The molecule has 7 nitrogen and oxygen atoms in total. The van der Waals surface area contributed by atoms with E-state index >= 15 is 0 Å². The molecule has 0 saturated carbocycles. The number of carbonyl (C=O) groups excluding carboxylic acids is 2. The fourth-order valence-corrected chi connectivity index (χ4v) is 4.35. The van der Waals surface area contributed by atoms with E-state index in [4.69, 9.17) is 0 Å². The molecule has 3 aromatic rings. The number of aromatic amines is 1. The molecule has 2 aliphatic heterocycles. The SMILES string of the molecule is CCc1c(N2CCN(c3n[nH]c4cc(F)ccc34)CC2)ccc2c1C(=O)NC2=O. The summed E-state index contributed by atoms with van der Waals surface area (Å²) in [7, 11) is 0. The van der Waals surface area contributed by atoms with Crippen molar-refractivity contribution in [2.75, 3.05) is 36.0 Å². The van der Waals surface area contributed by atoms with E-state index in [0.29, 0.717) is 23.1 Å². The van der Waals surface area contributed by atoms with Crippen molar-refractivity contribution in [3.8, 4) is 0 Å². The number of imide groups is 1. The first kappa shape index (κ1) is 17.7. The van der Waals surface area contributed by atoms with E-state index in [2.05, 4.69) is 25.3 Å². The number of piperazine rings is 1. The van der Waals surface area contributed by atoms with Gasteiger partial charge in [-0.05, 0) is 42.3 Å². The Balaban J connectivity index is 1.40. The molecule has 0 atom stereocenters. The van der Waals surface area contributed by atoms with Crippen molar-refractivity contribution in [2.24, 2.45) is 0 Å². The summed E-state index contributed by atoms with van der Waals surface area (Å²) in [5, 5.41) is 10.6. The Labute approximate surface area is 166 Å². The lowest BCUT2D eigenvalue weighted by atomic mass is 9.97. The van der Waals surface area contributed by atoms with Crippen LogP contribution in [0.25, 0.3) is 10.9 Å². The maximum absolute atomic E-state index is 13.4. The predicted octanol–water partition coefficient (Wildman–Crippen LogP) is 2.47. The summed E-state index contributed by atoms with van der Waals surface area (Å²) in [5.74, 6) is -0.0893. The van der Waals surface area contributed by atoms with Crippen LogP contribution in [0.3, 0.4) is 0 Å². The minimum atomic E-state index is -0.321. The second-order valence-corrected chi connectivity index (χ2v) is 7.33. The molecule has 1 saturated heterocycles. The minimum Gasteiger partial charge on any atom is -0.368 e. The highest BCUT2D eigenvalue weighted by Gasteiger charge is 2.32. The molecule has 8 heteroatoms. The van der Waals surface area contributed by atoms with Crippen LogP contribution in [0.4, 0.5) is 15.9 Å². The van der Waals surface area contributed by atoms with Crippen molar-refractivity contribution in [1.29, 1.82) is 0 Å². The van der Waals surface area contributed by atoms with Crippen molar-refractivity contribution in [2.45, 2.75) is 13.3 Å². The Bertz CT molecular complexity index is 1150. The number of aromatic nitrogens is 2. The molecule has 0 spiro atoms. The topological polar surface area (TPSA) is 81.3 Å². The van der Waals surface area contributed by atoms with E-state index in [1.807, 2.05) is 13.0 Å². The van der Waals surface area contributed by atoms with Gasteiger partial charge in [0.2, 0.25) is 0 Å². The number of amides is 2. The Hall–Kier alpha value is -3.42. The summed E-state index contributed by atoms with van der Waals surface area (Å²) < 4.78 is 13.4. The average Bonchev–Trinajstić information content (AvgIpc) is 3.27. The number of halogens is 1.